The quantitative estimate of drug-likeness (QED) is 0.473. The summed E-state index contributed by atoms with van der Waals surface area (Å²) in [5.74, 6) is 0.0603. The lowest BCUT2D eigenvalue weighted by atomic mass is 10.1. The molecule has 1 aromatic carbocycles. The monoisotopic (exact) mass is 364 g/mol. The smallest absolute Gasteiger partial charge is 0.303 e. The van der Waals surface area contributed by atoms with E-state index < -0.39 is 20.4 Å². The number of carboxylic acid groups (broad SMARTS) is 1. The summed E-state index contributed by atoms with van der Waals surface area (Å²) < 4.78 is 6.40. The number of aliphatic hydroxyl groups excluding tert-OH is 1. The number of aliphatic hydroxyl groups is 1. The molecule has 2 N–H and O–H groups in total. The Hall–Kier alpha value is -1.59. The first kappa shape index (κ1) is 21.4. The first-order valence-corrected chi connectivity index (χ1v) is 11.8. The molecule has 0 heterocycles. The van der Waals surface area contributed by atoms with E-state index in [1.165, 1.54) is 0 Å². The molecule has 0 aliphatic heterocycles. The van der Waals surface area contributed by atoms with Gasteiger partial charge >= 0.3 is 5.97 Å². The van der Waals surface area contributed by atoms with Gasteiger partial charge in [-0.2, -0.15) is 0 Å². The highest BCUT2D eigenvalue weighted by Gasteiger charge is 2.39. The fraction of sp³-hybridized carbons (Fsp3) is 0.550. The molecule has 0 saturated heterocycles. The van der Waals surface area contributed by atoms with Crippen molar-refractivity contribution < 1.29 is 19.4 Å². The van der Waals surface area contributed by atoms with E-state index >= 15 is 0 Å². The molecular formula is C20H32O4Si. The highest BCUT2D eigenvalue weighted by molar-refractivity contribution is 6.74. The number of hydrogen-bond acceptors (Lipinski definition) is 3. The average Bonchev–Trinajstić information content (AvgIpc) is 2.49. The van der Waals surface area contributed by atoms with Crippen LogP contribution >= 0.6 is 0 Å². The van der Waals surface area contributed by atoms with E-state index in [2.05, 4.69) is 33.9 Å². The number of para-hydroxylation sites is 1. The molecule has 0 amide bonds. The summed E-state index contributed by atoms with van der Waals surface area (Å²) in [7, 11) is -1.92. The summed E-state index contributed by atoms with van der Waals surface area (Å²) >= 11 is 0. The van der Waals surface area contributed by atoms with Gasteiger partial charge in [0, 0.05) is 12.0 Å². The third-order valence-corrected chi connectivity index (χ3v) is 9.07. The van der Waals surface area contributed by atoms with Gasteiger partial charge in [0.2, 0.25) is 0 Å². The Balaban J connectivity index is 2.72. The average molecular weight is 365 g/mol. The van der Waals surface area contributed by atoms with Gasteiger partial charge in [0.1, 0.15) is 5.75 Å². The molecule has 0 bridgehead atoms. The standard InChI is InChI=1S/C20H32O4Si/c1-20(2,3)25(4,5)24-18-12-8-6-10-16(18)14-15-17(21)11-7-9-13-19(22)23/h6,8,10,12,14-15,17,21H,7,9,11,13H2,1-5H3,(H,22,23)/b15-14+. The zero-order valence-electron chi connectivity index (χ0n) is 16.1. The molecule has 4 nitrogen and oxygen atoms in total. The molecule has 1 atom stereocenters. The van der Waals surface area contributed by atoms with Crippen LogP contribution in [0, 0.1) is 0 Å². The molecule has 0 saturated carbocycles. The molecule has 1 aromatic rings. The third kappa shape index (κ3) is 7.44. The molecule has 1 rings (SSSR count). The molecule has 5 heteroatoms. The Kier molecular flexibility index (Phi) is 7.89. The number of aliphatic carboxylic acids is 1. The van der Waals surface area contributed by atoms with Crippen LogP contribution in [-0.2, 0) is 4.79 Å². The fourth-order valence-electron chi connectivity index (χ4n) is 2.08. The van der Waals surface area contributed by atoms with Gasteiger partial charge in [-0.3, -0.25) is 4.79 Å². The number of benzene rings is 1. The number of carbonyl (C=O) groups is 1. The zero-order valence-corrected chi connectivity index (χ0v) is 17.1. The van der Waals surface area contributed by atoms with Crippen molar-refractivity contribution in [3.8, 4) is 5.75 Å². The van der Waals surface area contributed by atoms with Crippen molar-refractivity contribution in [2.75, 3.05) is 0 Å². The lowest BCUT2D eigenvalue weighted by molar-refractivity contribution is -0.137. The Morgan fingerprint density at radius 3 is 2.48 bits per heavy atom. The number of rotatable bonds is 9. The minimum atomic E-state index is -1.92. The van der Waals surface area contributed by atoms with Crippen molar-refractivity contribution in [1.82, 2.24) is 0 Å². The summed E-state index contributed by atoms with van der Waals surface area (Å²) in [6, 6.07) is 7.87. The van der Waals surface area contributed by atoms with E-state index in [1.807, 2.05) is 30.3 Å². The Bertz CT molecular complexity index is 588. The van der Waals surface area contributed by atoms with E-state index in [-0.39, 0.29) is 11.5 Å². The summed E-state index contributed by atoms with van der Waals surface area (Å²) in [5.41, 5.74) is 0.955. The predicted octanol–water partition coefficient (Wildman–Crippen LogP) is 5.09. The maximum absolute atomic E-state index is 10.5. The molecule has 25 heavy (non-hydrogen) atoms. The van der Waals surface area contributed by atoms with Gasteiger partial charge < -0.3 is 14.6 Å². The van der Waals surface area contributed by atoms with Gasteiger partial charge in [-0.05, 0) is 43.5 Å². The second-order valence-corrected chi connectivity index (χ2v) is 12.7. The van der Waals surface area contributed by atoms with Crippen LogP contribution in [0.3, 0.4) is 0 Å². The maximum atomic E-state index is 10.5. The van der Waals surface area contributed by atoms with Crippen LogP contribution in [0.15, 0.2) is 30.3 Å². The Morgan fingerprint density at radius 2 is 1.88 bits per heavy atom. The molecule has 0 aliphatic rings. The van der Waals surface area contributed by atoms with Crippen LogP contribution in [0.1, 0.15) is 52.0 Å². The van der Waals surface area contributed by atoms with Crippen LogP contribution in [0.5, 0.6) is 5.75 Å². The molecule has 0 radical (unpaired) electrons. The largest absolute Gasteiger partial charge is 0.543 e. The normalized spacial score (nSPS) is 13.8. The second-order valence-electron chi connectivity index (χ2n) is 7.97. The minimum Gasteiger partial charge on any atom is -0.543 e. The zero-order chi connectivity index (χ0) is 19.1. The van der Waals surface area contributed by atoms with Crippen molar-refractivity contribution in [1.29, 1.82) is 0 Å². The second kappa shape index (κ2) is 9.20. The van der Waals surface area contributed by atoms with Gasteiger partial charge in [0.15, 0.2) is 0 Å². The summed E-state index contributed by atoms with van der Waals surface area (Å²) in [6.07, 6.45) is 5.08. The van der Waals surface area contributed by atoms with Crippen molar-refractivity contribution in [3.05, 3.63) is 35.9 Å². The summed E-state index contributed by atoms with van der Waals surface area (Å²) in [5, 5.41) is 18.8. The fourth-order valence-corrected chi connectivity index (χ4v) is 3.12. The third-order valence-electron chi connectivity index (χ3n) is 4.73. The van der Waals surface area contributed by atoms with Crippen LogP contribution in [0.2, 0.25) is 18.1 Å². The first-order chi connectivity index (χ1) is 11.5. The molecule has 0 aromatic heterocycles. The molecule has 0 fully saturated rings. The molecule has 0 aliphatic carbocycles. The SMILES string of the molecule is CC(C)(C)[Si](C)(C)Oc1ccccc1/C=C/C(O)CCCCC(=O)O. The summed E-state index contributed by atoms with van der Waals surface area (Å²) in [4.78, 5) is 10.5. The van der Waals surface area contributed by atoms with Gasteiger partial charge in [0.25, 0.3) is 8.32 Å². The maximum Gasteiger partial charge on any atom is 0.303 e. The highest BCUT2D eigenvalue weighted by atomic mass is 28.4. The molecular weight excluding hydrogens is 332 g/mol. The van der Waals surface area contributed by atoms with E-state index in [4.69, 9.17) is 9.53 Å². The Labute approximate surface area is 152 Å². The Morgan fingerprint density at radius 1 is 1.24 bits per heavy atom. The predicted molar refractivity (Wildman–Crippen MR) is 105 cm³/mol. The van der Waals surface area contributed by atoms with E-state index in [0.717, 1.165) is 11.3 Å². The lowest BCUT2D eigenvalue weighted by Gasteiger charge is -2.36. The van der Waals surface area contributed by atoms with Gasteiger partial charge in [0.05, 0.1) is 6.10 Å². The number of carboxylic acids is 1. The first-order valence-electron chi connectivity index (χ1n) is 8.89. The number of unbranched alkanes of at least 4 members (excludes halogenated alkanes) is 1. The summed E-state index contributed by atoms with van der Waals surface area (Å²) in [6.45, 7) is 11.0. The van der Waals surface area contributed by atoms with E-state index in [9.17, 15) is 9.90 Å². The van der Waals surface area contributed by atoms with Crippen LogP contribution in [-0.4, -0.2) is 30.6 Å². The van der Waals surface area contributed by atoms with Crippen molar-refractivity contribution in [2.45, 2.75) is 70.7 Å². The van der Waals surface area contributed by atoms with E-state index in [1.54, 1.807) is 6.08 Å². The van der Waals surface area contributed by atoms with Gasteiger partial charge in [-0.15, -0.1) is 0 Å². The van der Waals surface area contributed by atoms with E-state index in [0.29, 0.717) is 19.3 Å². The van der Waals surface area contributed by atoms with Gasteiger partial charge in [-0.1, -0.05) is 51.1 Å². The molecule has 0 spiro atoms. The minimum absolute atomic E-state index is 0.119. The van der Waals surface area contributed by atoms with Gasteiger partial charge in [-0.25, -0.2) is 0 Å². The number of hydrogen-bond donors (Lipinski definition) is 2. The topological polar surface area (TPSA) is 66.8 Å². The van der Waals surface area contributed by atoms with Crippen molar-refractivity contribution in [2.24, 2.45) is 0 Å². The van der Waals surface area contributed by atoms with Crippen molar-refractivity contribution >= 4 is 20.4 Å². The van der Waals surface area contributed by atoms with Crippen molar-refractivity contribution in [3.63, 3.8) is 0 Å². The van der Waals surface area contributed by atoms with Crippen LogP contribution < -0.4 is 4.43 Å². The molecule has 1 unspecified atom stereocenters. The highest BCUT2D eigenvalue weighted by Crippen LogP contribution is 2.38. The van der Waals surface area contributed by atoms with Crippen LogP contribution in [0.4, 0.5) is 0 Å². The lowest BCUT2D eigenvalue weighted by Crippen LogP contribution is -2.44. The molecule has 140 valence electrons. The van der Waals surface area contributed by atoms with Crippen LogP contribution in [0.25, 0.3) is 6.08 Å².